The normalized spacial score (nSPS) is 9.94. The van der Waals surface area contributed by atoms with E-state index in [1.165, 1.54) is 0 Å². The number of nitrogens with zero attached hydrogens (tertiary/aromatic N) is 3. The average molecular weight is 231 g/mol. The smallest absolute Gasteiger partial charge is 0.320 e. The Kier molecular flexibility index (Phi) is 3.34. The molecule has 0 bridgehead atoms. The highest BCUT2D eigenvalue weighted by molar-refractivity contribution is 5.88. The van der Waals surface area contributed by atoms with Gasteiger partial charge in [-0.1, -0.05) is 6.07 Å². The zero-order chi connectivity index (χ0) is 12.1. The third-order valence-corrected chi connectivity index (χ3v) is 2.13. The maximum absolute atomic E-state index is 11.5. The van der Waals surface area contributed by atoms with Gasteiger partial charge in [-0.3, -0.25) is 15.0 Å². The summed E-state index contributed by atoms with van der Waals surface area (Å²) in [6.45, 7) is 0.437. The molecule has 2 N–H and O–H groups in total. The van der Waals surface area contributed by atoms with Crippen molar-refractivity contribution in [3.63, 3.8) is 0 Å². The maximum atomic E-state index is 11.5. The van der Waals surface area contributed by atoms with Crippen LogP contribution in [0.5, 0.6) is 0 Å². The molecule has 17 heavy (non-hydrogen) atoms. The predicted molar refractivity (Wildman–Crippen MR) is 63.3 cm³/mol. The SMILES string of the molecule is Cn1ccc(NC(=O)NCc2cccnc2)n1. The molecule has 0 unspecified atom stereocenters. The number of hydrogen-bond donors (Lipinski definition) is 2. The number of urea groups is 1. The first-order chi connectivity index (χ1) is 8.24. The highest BCUT2D eigenvalue weighted by atomic mass is 16.2. The van der Waals surface area contributed by atoms with Gasteiger partial charge in [0.25, 0.3) is 0 Å². The van der Waals surface area contributed by atoms with E-state index in [1.807, 2.05) is 12.1 Å². The van der Waals surface area contributed by atoms with Crippen LogP contribution in [0.3, 0.4) is 0 Å². The number of pyridine rings is 1. The molecule has 0 radical (unpaired) electrons. The van der Waals surface area contributed by atoms with Gasteiger partial charge >= 0.3 is 6.03 Å². The van der Waals surface area contributed by atoms with Crippen LogP contribution in [0.4, 0.5) is 10.6 Å². The summed E-state index contributed by atoms with van der Waals surface area (Å²) in [7, 11) is 1.79. The van der Waals surface area contributed by atoms with Gasteiger partial charge in [0.15, 0.2) is 5.82 Å². The van der Waals surface area contributed by atoms with Crippen molar-refractivity contribution in [1.82, 2.24) is 20.1 Å². The minimum Gasteiger partial charge on any atom is -0.334 e. The van der Waals surface area contributed by atoms with Crippen LogP contribution >= 0.6 is 0 Å². The molecule has 0 fully saturated rings. The van der Waals surface area contributed by atoms with E-state index in [1.54, 1.807) is 36.4 Å². The lowest BCUT2D eigenvalue weighted by molar-refractivity contribution is 0.251. The van der Waals surface area contributed by atoms with Gasteiger partial charge in [-0.2, -0.15) is 5.10 Å². The molecule has 0 aliphatic carbocycles. The van der Waals surface area contributed by atoms with E-state index in [4.69, 9.17) is 0 Å². The number of hydrogen-bond acceptors (Lipinski definition) is 3. The summed E-state index contributed by atoms with van der Waals surface area (Å²) in [5.41, 5.74) is 0.948. The lowest BCUT2D eigenvalue weighted by atomic mass is 10.3. The van der Waals surface area contributed by atoms with Crippen LogP contribution in [0.15, 0.2) is 36.8 Å². The fourth-order valence-electron chi connectivity index (χ4n) is 1.33. The number of anilines is 1. The molecule has 0 saturated heterocycles. The molecule has 0 saturated carbocycles. The van der Waals surface area contributed by atoms with Crippen LogP contribution in [0, 0.1) is 0 Å². The summed E-state index contributed by atoms with van der Waals surface area (Å²) >= 11 is 0. The lowest BCUT2D eigenvalue weighted by Crippen LogP contribution is -2.28. The number of nitrogens with one attached hydrogen (secondary N) is 2. The van der Waals surface area contributed by atoms with Crippen molar-refractivity contribution in [2.75, 3.05) is 5.32 Å². The lowest BCUT2D eigenvalue weighted by Gasteiger charge is -2.04. The molecule has 0 aliphatic heterocycles. The van der Waals surface area contributed by atoms with Crippen LogP contribution in [0.2, 0.25) is 0 Å². The van der Waals surface area contributed by atoms with Crippen molar-refractivity contribution < 1.29 is 4.79 Å². The van der Waals surface area contributed by atoms with Crippen molar-refractivity contribution in [2.24, 2.45) is 7.05 Å². The Labute approximate surface area is 98.7 Å². The third-order valence-electron chi connectivity index (χ3n) is 2.13. The van der Waals surface area contributed by atoms with E-state index in [9.17, 15) is 4.79 Å². The third kappa shape index (κ3) is 3.30. The number of rotatable bonds is 3. The first-order valence-corrected chi connectivity index (χ1v) is 5.17. The predicted octanol–water partition coefficient (Wildman–Crippen LogP) is 1.14. The molecule has 2 amide bonds. The van der Waals surface area contributed by atoms with Crippen LogP contribution in [0.1, 0.15) is 5.56 Å². The fraction of sp³-hybridized carbons (Fsp3) is 0.182. The van der Waals surface area contributed by atoms with Crippen molar-refractivity contribution in [1.29, 1.82) is 0 Å². The first-order valence-electron chi connectivity index (χ1n) is 5.17. The molecule has 0 aliphatic rings. The van der Waals surface area contributed by atoms with Crippen LogP contribution in [0.25, 0.3) is 0 Å². The van der Waals surface area contributed by atoms with E-state index in [-0.39, 0.29) is 6.03 Å². The molecule has 2 heterocycles. The van der Waals surface area contributed by atoms with Gasteiger partial charge in [-0.15, -0.1) is 0 Å². The van der Waals surface area contributed by atoms with Gasteiger partial charge in [-0.05, 0) is 11.6 Å². The van der Waals surface area contributed by atoms with Crippen LogP contribution < -0.4 is 10.6 Å². The monoisotopic (exact) mass is 231 g/mol. The Balaban J connectivity index is 1.82. The first kappa shape index (κ1) is 11.1. The molecular weight excluding hydrogens is 218 g/mol. The molecule has 2 rings (SSSR count). The average Bonchev–Trinajstić information content (AvgIpc) is 2.73. The molecule has 2 aromatic heterocycles. The summed E-state index contributed by atoms with van der Waals surface area (Å²) in [6, 6.07) is 5.17. The van der Waals surface area contributed by atoms with Crippen LogP contribution in [-0.2, 0) is 13.6 Å². The van der Waals surface area contributed by atoms with Crippen molar-refractivity contribution >= 4 is 11.8 Å². The van der Waals surface area contributed by atoms with Gasteiger partial charge in [0.05, 0.1) is 0 Å². The highest BCUT2D eigenvalue weighted by Gasteiger charge is 2.03. The van der Waals surface area contributed by atoms with E-state index in [0.717, 1.165) is 5.56 Å². The Morgan fingerprint density at radius 3 is 3.00 bits per heavy atom. The minimum absolute atomic E-state index is 0.285. The molecule has 0 aromatic carbocycles. The second kappa shape index (κ2) is 5.11. The zero-order valence-corrected chi connectivity index (χ0v) is 9.42. The second-order valence-electron chi connectivity index (χ2n) is 3.54. The summed E-state index contributed by atoms with van der Waals surface area (Å²) in [5, 5.41) is 9.39. The number of aryl methyl sites for hydroxylation is 1. The van der Waals surface area contributed by atoms with Gasteiger partial charge < -0.3 is 5.32 Å². The van der Waals surface area contributed by atoms with E-state index >= 15 is 0 Å². The standard InChI is InChI=1S/C11H13N5O/c1-16-6-4-10(15-16)14-11(17)13-8-9-3-2-5-12-7-9/h2-7H,8H2,1H3,(H2,13,14,15,17). The van der Waals surface area contributed by atoms with Gasteiger partial charge in [0.1, 0.15) is 0 Å². The summed E-state index contributed by atoms with van der Waals surface area (Å²) in [5.74, 6) is 0.524. The minimum atomic E-state index is -0.285. The second-order valence-corrected chi connectivity index (χ2v) is 3.54. The maximum Gasteiger partial charge on any atom is 0.320 e. The number of amides is 2. The Morgan fingerprint density at radius 1 is 1.47 bits per heavy atom. The number of carbonyl (C=O) groups is 1. The summed E-state index contributed by atoms with van der Waals surface area (Å²) in [6.07, 6.45) is 5.16. The van der Waals surface area contributed by atoms with E-state index in [0.29, 0.717) is 12.4 Å². The Hall–Kier alpha value is -2.37. The Morgan fingerprint density at radius 2 is 2.35 bits per heavy atom. The molecule has 0 spiro atoms. The van der Waals surface area contributed by atoms with E-state index in [2.05, 4.69) is 20.7 Å². The van der Waals surface area contributed by atoms with Gasteiger partial charge in [0.2, 0.25) is 0 Å². The van der Waals surface area contributed by atoms with Crippen LogP contribution in [-0.4, -0.2) is 20.8 Å². The quantitative estimate of drug-likeness (QED) is 0.832. The molecule has 6 nitrogen and oxygen atoms in total. The molecular formula is C11H13N5O. The van der Waals surface area contributed by atoms with Gasteiger partial charge in [0, 0.05) is 38.2 Å². The molecule has 6 heteroatoms. The topological polar surface area (TPSA) is 71.8 Å². The van der Waals surface area contributed by atoms with Crippen molar-refractivity contribution in [3.05, 3.63) is 42.4 Å². The van der Waals surface area contributed by atoms with Crippen molar-refractivity contribution in [3.8, 4) is 0 Å². The highest BCUT2D eigenvalue weighted by Crippen LogP contribution is 2.00. The summed E-state index contributed by atoms with van der Waals surface area (Å²) < 4.78 is 1.62. The van der Waals surface area contributed by atoms with Gasteiger partial charge in [-0.25, -0.2) is 4.79 Å². The van der Waals surface area contributed by atoms with E-state index < -0.39 is 0 Å². The fourth-order valence-corrected chi connectivity index (χ4v) is 1.33. The summed E-state index contributed by atoms with van der Waals surface area (Å²) in [4.78, 5) is 15.5. The zero-order valence-electron chi connectivity index (χ0n) is 9.42. The molecule has 0 atom stereocenters. The number of carbonyl (C=O) groups excluding carboxylic acids is 1. The van der Waals surface area contributed by atoms with Crippen molar-refractivity contribution in [2.45, 2.75) is 6.54 Å². The molecule has 88 valence electrons. The number of aromatic nitrogens is 3. The Bertz CT molecular complexity index is 494. The molecule has 2 aromatic rings. The largest absolute Gasteiger partial charge is 0.334 e.